The van der Waals surface area contributed by atoms with E-state index in [1.165, 1.54) is 0 Å². The summed E-state index contributed by atoms with van der Waals surface area (Å²) in [5.41, 5.74) is 2.88. The molecule has 1 aromatic heterocycles. The Morgan fingerprint density at radius 2 is 1.95 bits per heavy atom. The van der Waals surface area contributed by atoms with Gasteiger partial charge in [-0.05, 0) is 36.8 Å². The number of hydrogen-bond donors (Lipinski definition) is 1. The van der Waals surface area contributed by atoms with Gasteiger partial charge in [0.15, 0.2) is 5.58 Å². The molecule has 0 aliphatic carbocycles. The molecule has 0 fully saturated rings. The van der Waals surface area contributed by atoms with Crippen LogP contribution in [0.1, 0.15) is 18.4 Å². The number of carboxylic acids is 1. The van der Waals surface area contributed by atoms with Crippen LogP contribution in [0.2, 0.25) is 5.02 Å². The number of fused-ring (bicyclic) bond motifs is 1. The smallest absolute Gasteiger partial charge is 0.310 e. The van der Waals surface area contributed by atoms with Gasteiger partial charge in [-0.15, -0.1) is 0 Å². The summed E-state index contributed by atoms with van der Waals surface area (Å²) in [5.74, 6) is -1.45. The first-order valence-electron chi connectivity index (χ1n) is 6.44. The van der Waals surface area contributed by atoms with Crippen LogP contribution >= 0.6 is 11.6 Å². The molecule has 2 aromatic carbocycles. The predicted molar refractivity (Wildman–Crippen MR) is 80.5 cm³/mol. The maximum atomic E-state index is 11.0. The Bertz CT molecular complexity index is 808. The lowest BCUT2D eigenvalue weighted by molar-refractivity contribution is -0.138. The molecule has 0 bridgehead atoms. The second kappa shape index (κ2) is 5.22. The van der Waals surface area contributed by atoms with Crippen molar-refractivity contribution in [2.24, 2.45) is 0 Å². The van der Waals surface area contributed by atoms with Crippen LogP contribution in [-0.4, -0.2) is 16.2 Å². The lowest BCUT2D eigenvalue weighted by atomic mass is 9.99. The van der Waals surface area contributed by atoms with Gasteiger partial charge in [0.05, 0.1) is 5.92 Å². The van der Waals surface area contributed by atoms with Crippen molar-refractivity contribution in [2.75, 3.05) is 0 Å². The van der Waals surface area contributed by atoms with Gasteiger partial charge in [0.2, 0.25) is 0 Å². The van der Waals surface area contributed by atoms with Crippen LogP contribution in [0.3, 0.4) is 0 Å². The maximum absolute atomic E-state index is 11.0. The minimum absolute atomic E-state index is 0.575. The third-order valence-corrected chi connectivity index (χ3v) is 3.74. The molecular weight excluding hydrogens is 290 g/mol. The number of halogens is 1. The van der Waals surface area contributed by atoms with Crippen LogP contribution in [0.15, 0.2) is 47.0 Å². The number of carbonyl (C=O) groups is 1. The highest BCUT2D eigenvalue weighted by molar-refractivity contribution is 6.30. The Morgan fingerprint density at radius 3 is 2.62 bits per heavy atom. The van der Waals surface area contributed by atoms with Gasteiger partial charge in [-0.1, -0.05) is 35.0 Å². The summed E-state index contributed by atoms with van der Waals surface area (Å²) >= 11 is 5.88. The number of aliphatic carboxylic acids is 1. The van der Waals surface area contributed by atoms with Crippen LogP contribution in [-0.2, 0) is 4.79 Å². The fourth-order valence-corrected chi connectivity index (χ4v) is 2.31. The van der Waals surface area contributed by atoms with Gasteiger partial charge in [0.1, 0.15) is 5.69 Å². The molecule has 106 valence electrons. The zero-order valence-electron chi connectivity index (χ0n) is 11.2. The van der Waals surface area contributed by atoms with Gasteiger partial charge in [-0.2, -0.15) is 0 Å². The Kier molecular flexibility index (Phi) is 3.39. The summed E-state index contributed by atoms with van der Waals surface area (Å²) in [6, 6.07) is 12.7. The Balaban J connectivity index is 2.07. The molecule has 0 spiro atoms. The zero-order valence-corrected chi connectivity index (χ0v) is 12.0. The predicted octanol–water partition coefficient (Wildman–Crippen LogP) is 4.34. The quantitative estimate of drug-likeness (QED) is 0.781. The first kappa shape index (κ1) is 13.6. The van der Waals surface area contributed by atoms with Crippen molar-refractivity contribution in [3.05, 3.63) is 53.1 Å². The largest absolute Gasteiger partial charge is 0.481 e. The van der Waals surface area contributed by atoms with E-state index in [1.807, 2.05) is 18.2 Å². The molecule has 0 aliphatic rings. The van der Waals surface area contributed by atoms with E-state index in [-0.39, 0.29) is 0 Å². The minimum atomic E-state index is -0.869. The van der Waals surface area contributed by atoms with Crippen molar-refractivity contribution >= 4 is 28.5 Å². The van der Waals surface area contributed by atoms with Crippen molar-refractivity contribution < 1.29 is 14.4 Å². The van der Waals surface area contributed by atoms with E-state index in [0.717, 1.165) is 16.6 Å². The summed E-state index contributed by atoms with van der Waals surface area (Å²) in [7, 11) is 0. The van der Waals surface area contributed by atoms with Crippen LogP contribution in [0.4, 0.5) is 0 Å². The van der Waals surface area contributed by atoms with Gasteiger partial charge in [0, 0.05) is 16.0 Å². The van der Waals surface area contributed by atoms with E-state index in [1.54, 1.807) is 31.2 Å². The number of hydrogen-bond acceptors (Lipinski definition) is 3. The highest BCUT2D eigenvalue weighted by Crippen LogP contribution is 2.30. The van der Waals surface area contributed by atoms with Gasteiger partial charge in [-0.25, -0.2) is 0 Å². The number of rotatable bonds is 3. The van der Waals surface area contributed by atoms with Crippen molar-refractivity contribution in [1.29, 1.82) is 0 Å². The molecule has 1 heterocycles. The average molecular weight is 302 g/mol. The normalized spacial score (nSPS) is 12.5. The molecule has 0 aliphatic heterocycles. The molecule has 0 amide bonds. The SMILES string of the molecule is CC(C(=O)O)c1ccc2c(-c3ccc(Cl)cc3)noc2c1. The summed E-state index contributed by atoms with van der Waals surface area (Å²) in [5, 5.41) is 14.6. The number of benzene rings is 2. The Hall–Kier alpha value is -2.33. The van der Waals surface area contributed by atoms with E-state index in [9.17, 15) is 4.79 Å². The Morgan fingerprint density at radius 1 is 1.24 bits per heavy atom. The second-order valence-corrected chi connectivity index (χ2v) is 5.29. The van der Waals surface area contributed by atoms with Crippen molar-refractivity contribution in [2.45, 2.75) is 12.8 Å². The molecule has 21 heavy (non-hydrogen) atoms. The van der Waals surface area contributed by atoms with Gasteiger partial charge < -0.3 is 9.63 Å². The Labute approximate surface area is 125 Å². The van der Waals surface area contributed by atoms with Crippen molar-refractivity contribution in [3.8, 4) is 11.3 Å². The highest BCUT2D eigenvalue weighted by atomic mass is 35.5. The summed E-state index contributed by atoms with van der Waals surface area (Å²) in [6.45, 7) is 1.64. The monoisotopic (exact) mass is 301 g/mol. The number of aromatic nitrogens is 1. The first-order valence-corrected chi connectivity index (χ1v) is 6.82. The van der Waals surface area contributed by atoms with Crippen molar-refractivity contribution in [1.82, 2.24) is 5.16 Å². The van der Waals surface area contributed by atoms with Crippen molar-refractivity contribution in [3.63, 3.8) is 0 Å². The van der Waals surface area contributed by atoms with Gasteiger partial charge >= 0.3 is 5.97 Å². The number of nitrogens with zero attached hydrogens (tertiary/aromatic N) is 1. The molecular formula is C16H12ClNO3. The van der Waals surface area contributed by atoms with Gasteiger partial charge in [0.25, 0.3) is 0 Å². The summed E-state index contributed by atoms with van der Waals surface area (Å²) in [4.78, 5) is 11.0. The molecule has 1 atom stereocenters. The van der Waals surface area contributed by atoms with Crippen LogP contribution < -0.4 is 0 Å². The molecule has 0 saturated heterocycles. The minimum Gasteiger partial charge on any atom is -0.481 e. The third-order valence-electron chi connectivity index (χ3n) is 3.48. The molecule has 0 radical (unpaired) electrons. The topological polar surface area (TPSA) is 63.3 Å². The fourth-order valence-electron chi connectivity index (χ4n) is 2.18. The van der Waals surface area contributed by atoms with E-state index < -0.39 is 11.9 Å². The summed E-state index contributed by atoms with van der Waals surface area (Å²) in [6.07, 6.45) is 0. The molecule has 1 N–H and O–H groups in total. The molecule has 4 nitrogen and oxygen atoms in total. The molecule has 3 rings (SSSR count). The zero-order chi connectivity index (χ0) is 15.0. The first-order chi connectivity index (χ1) is 10.1. The summed E-state index contributed by atoms with van der Waals surface area (Å²) < 4.78 is 5.33. The standard InChI is InChI=1S/C16H12ClNO3/c1-9(16(19)20)11-4-7-13-14(8-11)21-18-15(13)10-2-5-12(17)6-3-10/h2-9H,1H3,(H,19,20). The fraction of sp³-hybridized carbons (Fsp3) is 0.125. The van der Waals surface area contributed by atoms with E-state index in [0.29, 0.717) is 16.2 Å². The molecule has 3 aromatic rings. The average Bonchev–Trinajstić information content (AvgIpc) is 2.90. The molecule has 1 unspecified atom stereocenters. The van der Waals surface area contributed by atoms with E-state index >= 15 is 0 Å². The lowest BCUT2D eigenvalue weighted by Gasteiger charge is -2.05. The van der Waals surface area contributed by atoms with Gasteiger partial charge in [-0.3, -0.25) is 4.79 Å². The van der Waals surface area contributed by atoms with Crippen LogP contribution in [0.5, 0.6) is 0 Å². The highest BCUT2D eigenvalue weighted by Gasteiger charge is 2.17. The number of carboxylic acid groups (broad SMARTS) is 1. The maximum Gasteiger partial charge on any atom is 0.310 e. The van der Waals surface area contributed by atoms with E-state index in [2.05, 4.69) is 5.16 Å². The molecule has 0 saturated carbocycles. The molecule has 5 heteroatoms. The van der Waals surface area contributed by atoms with Crippen LogP contribution in [0.25, 0.3) is 22.2 Å². The van der Waals surface area contributed by atoms with E-state index in [4.69, 9.17) is 21.2 Å². The van der Waals surface area contributed by atoms with Crippen LogP contribution in [0, 0.1) is 0 Å². The third kappa shape index (κ3) is 2.50. The lowest BCUT2D eigenvalue weighted by Crippen LogP contribution is -2.06. The second-order valence-electron chi connectivity index (χ2n) is 4.85.